The lowest BCUT2D eigenvalue weighted by Crippen LogP contribution is -2.27. The highest BCUT2D eigenvalue weighted by Crippen LogP contribution is 2.39. The van der Waals surface area contributed by atoms with Crippen LogP contribution in [0.15, 0.2) is 12.2 Å². The number of ether oxygens (including phenoxy) is 1. The van der Waals surface area contributed by atoms with Crippen LogP contribution < -0.4 is 0 Å². The van der Waals surface area contributed by atoms with Gasteiger partial charge in [0.2, 0.25) is 0 Å². The third-order valence-electron chi connectivity index (χ3n) is 3.76. The third kappa shape index (κ3) is 2.09. The molecule has 2 rings (SSSR count). The molecular formula is C13H20O2. The standard InChI is InChI=1S/C13H20O2/c1-3-5-10-7-4-6-9(2)11-8-12(14)15-13(10)11/h4,7,9-11,13H,3,5-6,8H2,1-2H3. The van der Waals surface area contributed by atoms with Gasteiger partial charge in [0.1, 0.15) is 6.10 Å². The van der Waals surface area contributed by atoms with Gasteiger partial charge < -0.3 is 4.74 Å². The predicted molar refractivity (Wildman–Crippen MR) is 59.3 cm³/mol. The molecule has 1 aliphatic carbocycles. The van der Waals surface area contributed by atoms with E-state index < -0.39 is 0 Å². The summed E-state index contributed by atoms with van der Waals surface area (Å²) in [6, 6.07) is 0. The van der Waals surface area contributed by atoms with Crippen molar-refractivity contribution < 1.29 is 9.53 Å². The monoisotopic (exact) mass is 208 g/mol. The van der Waals surface area contributed by atoms with E-state index in [1.54, 1.807) is 0 Å². The molecule has 0 amide bonds. The van der Waals surface area contributed by atoms with Crippen molar-refractivity contribution in [2.24, 2.45) is 17.8 Å². The first-order valence-corrected chi connectivity index (χ1v) is 6.08. The van der Waals surface area contributed by atoms with Gasteiger partial charge in [0.25, 0.3) is 0 Å². The summed E-state index contributed by atoms with van der Waals surface area (Å²) in [5, 5.41) is 0. The summed E-state index contributed by atoms with van der Waals surface area (Å²) >= 11 is 0. The summed E-state index contributed by atoms with van der Waals surface area (Å²) < 4.78 is 5.49. The minimum absolute atomic E-state index is 0.00764. The SMILES string of the molecule is CCCC1C=CCC(C)C2CC(=O)OC12. The maximum absolute atomic E-state index is 11.4. The molecular weight excluding hydrogens is 188 g/mol. The fraction of sp³-hybridized carbons (Fsp3) is 0.769. The van der Waals surface area contributed by atoms with E-state index in [1.807, 2.05) is 0 Å². The highest BCUT2D eigenvalue weighted by atomic mass is 16.6. The smallest absolute Gasteiger partial charge is 0.306 e. The lowest BCUT2D eigenvalue weighted by Gasteiger charge is -2.25. The zero-order valence-electron chi connectivity index (χ0n) is 9.61. The molecule has 0 aromatic heterocycles. The molecule has 0 aromatic rings. The molecule has 0 saturated carbocycles. The Hall–Kier alpha value is -0.790. The van der Waals surface area contributed by atoms with E-state index in [4.69, 9.17) is 4.74 Å². The number of hydrogen-bond acceptors (Lipinski definition) is 2. The number of esters is 1. The van der Waals surface area contributed by atoms with E-state index in [0.717, 1.165) is 19.3 Å². The number of hydrogen-bond donors (Lipinski definition) is 0. The molecule has 0 N–H and O–H groups in total. The van der Waals surface area contributed by atoms with Crippen LogP contribution in [-0.4, -0.2) is 12.1 Å². The lowest BCUT2D eigenvalue weighted by atomic mass is 9.82. The number of rotatable bonds is 2. The number of allylic oxidation sites excluding steroid dienone is 1. The summed E-state index contributed by atoms with van der Waals surface area (Å²) in [7, 11) is 0. The molecule has 0 aromatic carbocycles. The summed E-state index contributed by atoms with van der Waals surface area (Å²) in [5.74, 6) is 1.49. The molecule has 0 bridgehead atoms. The van der Waals surface area contributed by atoms with Crippen LogP contribution in [0.4, 0.5) is 0 Å². The second-order valence-corrected chi connectivity index (χ2v) is 4.92. The summed E-state index contributed by atoms with van der Waals surface area (Å²) in [6.45, 7) is 4.42. The Kier molecular flexibility index (Phi) is 3.13. The highest BCUT2D eigenvalue weighted by Gasteiger charge is 2.42. The van der Waals surface area contributed by atoms with Crippen molar-refractivity contribution in [3.05, 3.63) is 12.2 Å². The molecule has 1 heterocycles. The van der Waals surface area contributed by atoms with Crippen LogP contribution in [0, 0.1) is 17.8 Å². The lowest BCUT2D eigenvalue weighted by molar-refractivity contribution is -0.142. The molecule has 2 aliphatic rings. The first-order chi connectivity index (χ1) is 7.22. The largest absolute Gasteiger partial charge is 0.461 e. The summed E-state index contributed by atoms with van der Waals surface area (Å²) in [5.41, 5.74) is 0. The molecule has 15 heavy (non-hydrogen) atoms. The zero-order valence-corrected chi connectivity index (χ0v) is 9.61. The van der Waals surface area contributed by atoms with Crippen molar-refractivity contribution in [3.8, 4) is 0 Å². The summed E-state index contributed by atoms with van der Waals surface area (Å²) in [4.78, 5) is 11.4. The second kappa shape index (κ2) is 4.38. The molecule has 4 unspecified atom stereocenters. The van der Waals surface area contributed by atoms with E-state index in [0.29, 0.717) is 24.2 Å². The Morgan fingerprint density at radius 2 is 2.33 bits per heavy atom. The second-order valence-electron chi connectivity index (χ2n) is 4.92. The molecule has 0 spiro atoms. The van der Waals surface area contributed by atoms with E-state index >= 15 is 0 Å². The molecule has 4 atom stereocenters. The van der Waals surface area contributed by atoms with Gasteiger partial charge in [-0.1, -0.05) is 32.4 Å². The predicted octanol–water partition coefficient (Wildman–Crippen LogP) is 2.93. The van der Waals surface area contributed by atoms with Crippen LogP contribution in [0.5, 0.6) is 0 Å². The van der Waals surface area contributed by atoms with E-state index in [-0.39, 0.29) is 12.1 Å². The maximum atomic E-state index is 11.4. The number of carbonyl (C=O) groups is 1. The maximum Gasteiger partial charge on any atom is 0.306 e. The molecule has 1 saturated heterocycles. The molecule has 0 radical (unpaired) electrons. The summed E-state index contributed by atoms with van der Waals surface area (Å²) in [6.07, 6.45) is 8.72. The Morgan fingerprint density at radius 3 is 3.07 bits per heavy atom. The Labute approximate surface area is 91.7 Å². The van der Waals surface area contributed by atoms with Crippen molar-refractivity contribution in [1.82, 2.24) is 0 Å². The van der Waals surface area contributed by atoms with Crippen molar-refractivity contribution in [3.63, 3.8) is 0 Å². The van der Waals surface area contributed by atoms with E-state index in [9.17, 15) is 4.79 Å². The van der Waals surface area contributed by atoms with Crippen LogP contribution in [-0.2, 0) is 9.53 Å². The average Bonchev–Trinajstić information content (AvgIpc) is 2.53. The van der Waals surface area contributed by atoms with E-state index in [1.165, 1.54) is 0 Å². The van der Waals surface area contributed by atoms with Crippen molar-refractivity contribution in [2.45, 2.75) is 45.6 Å². The Balaban J connectivity index is 2.16. The van der Waals surface area contributed by atoms with Gasteiger partial charge in [-0.15, -0.1) is 0 Å². The Bertz CT molecular complexity index is 270. The molecule has 2 nitrogen and oxygen atoms in total. The minimum Gasteiger partial charge on any atom is -0.461 e. The van der Waals surface area contributed by atoms with Gasteiger partial charge in [0.05, 0.1) is 6.42 Å². The van der Waals surface area contributed by atoms with Gasteiger partial charge in [-0.25, -0.2) is 0 Å². The number of carbonyl (C=O) groups excluding carboxylic acids is 1. The zero-order chi connectivity index (χ0) is 10.8. The quantitative estimate of drug-likeness (QED) is 0.515. The molecule has 84 valence electrons. The average molecular weight is 208 g/mol. The minimum atomic E-state index is 0.00764. The fourth-order valence-corrected chi connectivity index (χ4v) is 2.87. The van der Waals surface area contributed by atoms with Crippen LogP contribution >= 0.6 is 0 Å². The topological polar surface area (TPSA) is 26.3 Å². The van der Waals surface area contributed by atoms with Crippen molar-refractivity contribution in [2.75, 3.05) is 0 Å². The fourth-order valence-electron chi connectivity index (χ4n) is 2.87. The van der Waals surface area contributed by atoms with Crippen LogP contribution in [0.1, 0.15) is 39.5 Å². The van der Waals surface area contributed by atoms with Crippen molar-refractivity contribution in [1.29, 1.82) is 0 Å². The molecule has 2 heteroatoms. The van der Waals surface area contributed by atoms with Gasteiger partial charge in [-0.05, 0) is 18.8 Å². The third-order valence-corrected chi connectivity index (χ3v) is 3.76. The first kappa shape index (κ1) is 10.7. The van der Waals surface area contributed by atoms with Crippen molar-refractivity contribution >= 4 is 5.97 Å². The van der Waals surface area contributed by atoms with E-state index in [2.05, 4.69) is 26.0 Å². The first-order valence-electron chi connectivity index (χ1n) is 6.08. The molecule has 1 aliphatic heterocycles. The van der Waals surface area contributed by atoms with Gasteiger partial charge in [0.15, 0.2) is 0 Å². The van der Waals surface area contributed by atoms with Gasteiger partial charge in [0, 0.05) is 11.8 Å². The van der Waals surface area contributed by atoms with Gasteiger partial charge in [-0.2, -0.15) is 0 Å². The van der Waals surface area contributed by atoms with Crippen LogP contribution in [0.25, 0.3) is 0 Å². The molecule has 1 fully saturated rings. The van der Waals surface area contributed by atoms with Gasteiger partial charge in [-0.3, -0.25) is 4.79 Å². The van der Waals surface area contributed by atoms with Gasteiger partial charge >= 0.3 is 5.97 Å². The Morgan fingerprint density at radius 1 is 1.53 bits per heavy atom. The number of fused-ring (bicyclic) bond motifs is 1. The van der Waals surface area contributed by atoms with Crippen LogP contribution in [0.2, 0.25) is 0 Å². The highest BCUT2D eigenvalue weighted by molar-refractivity contribution is 5.72. The van der Waals surface area contributed by atoms with Crippen LogP contribution in [0.3, 0.4) is 0 Å². The normalized spacial score (nSPS) is 39.7.